The fraction of sp³-hybridized carbons (Fsp3) is 0.545. The zero-order valence-corrected chi connectivity index (χ0v) is 9.29. The molecule has 15 heavy (non-hydrogen) atoms. The number of aromatic nitrogens is 1. The van der Waals surface area contributed by atoms with Crippen LogP contribution in [0.25, 0.3) is 0 Å². The molecule has 1 saturated heterocycles. The molecule has 0 spiro atoms. The molecular formula is C11H17N3O. The predicted octanol–water partition coefficient (Wildman–Crippen LogP) is 0.808. The van der Waals surface area contributed by atoms with Crippen LogP contribution < -0.4 is 15.0 Å². The van der Waals surface area contributed by atoms with Gasteiger partial charge in [-0.1, -0.05) is 0 Å². The summed E-state index contributed by atoms with van der Waals surface area (Å²) < 4.78 is 5.17. The van der Waals surface area contributed by atoms with Crippen molar-refractivity contribution in [3.63, 3.8) is 0 Å². The van der Waals surface area contributed by atoms with Gasteiger partial charge in [0.25, 0.3) is 0 Å². The zero-order chi connectivity index (χ0) is 10.7. The molecule has 4 heteroatoms. The molecule has 1 aliphatic rings. The average molecular weight is 207 g/mol. The number of hydrogen-bond acceptors (Lipinski definition) is 4. The number of nitrogens with one attached hydrogen (secondary N) is 1. The van der Waals surface area contributed by atoms with E-state index in [4.69, 9.17) is 4.74 Å². The van der Waals surface area contributed by atoms with E-state index in [0.717, 1.165) is 31.9 Å². The SMILES string of the molecule is COc1cc(N2CCNCC2)cc(C)n1. The molecule has 1 fully saturated rings. The third kappa shape index (κ3) is 2.39. The number of methoxy groups -OCH3 is 1. The van der Waals surface area contributed by atoms with Crippen LogP contribution in [0.15, 0.2) is 12.1 Å². The minimum atomic E-state index is 0.698. The molecule has 1 aromatic heterocycles. The quantitative estimate of drug-likeness (QED) is 0.778. The number of hydrogen-bond donors (Lipinski definition) is 1. The predicted molar refractivity (Wildman–Crippen MR) is 60.6 cm³/mol. The van der Waals surface area contributed by atoms with E-state index in [1.165, 1.54) is 5.69 Å². The molecule has 4 nitrogen and oxygen atoms in total. The lowest BCUT2D eigenvalue weighted by atomic mass is 10.2. The van der Waals surface area contributed by atoms with Crippen LogP contribution in [0.1, 0.15) is 5.69 Å². The molecule has 0 saturated carbocycles. The first kappa shape index (κ1) is 10.2. The second-order valence-corrected chi connectivity index (χ2v) is 3.75. The molecule has 1 N–H and O–H groups in total. The van der Waals surface area contributed by atoms with Gasteiger partial charge in [-0.05, 0) is 13.0 Å². The number of nitrogens with zero attached hydrogens (tertiary/aromatic N) is 2. The summed E-state index contributed by atoms with van der Waals surface area (Å²) in [6.07, 6.45) is 0. The Morgan fingerprint density at radius 3 is 2.73 bits per heavy atom. The first-order chi connectivity index (χ1) is 7.29. The monoisotopic (exact) mass is 207 g/mol. The Bertz CT molecular complexity index is 335. The molecule has 2 rings (SSSR count). The lowest BCUT2D eigenvalue weighted by Gasteiger charge is -2.29. The maximum atomic E-state index is 5.17. The average Bonchev–Trinajstić information content (AvgIpc) is 2.29. The fourth-order valence-corrected chi connectivity index (χ4v) is 1.83. The summed E-state index contributed by atoms with van der Waals surface area (Å²) in [5.74, 6) is 0.698. The van der Waals surface area contributed by atoms with Gasteiger partial charge in [-0.15, -0.1) is 0 Å². The van der Waals surface area contributed by atoms with Crippen molar-refractivity contribution < 1.29 is 4.74 Å². The third-order valence-electron chi connectivity index (χ3n) is 2.61. The van der Waals surface area contributed by atoms with E-state index >= 15 is 0 Å². The Morgan fingerprint density at radius 2 is 2.07 bits per heavy atom. The van der Waals surface area contributed by atoms with E-state index in [1.807, 2.05) is 13.0 Å². The number of ether oxygens (including phenoxy) is 1. The van der Waals surface area contributed by atoms with Gasteiger partial charge in [-0.25, -0.2) is 4.98 Å². The molecular weight excluding hydrogens is 190 g/mol. The van der Waals surface area contributed by atoms with Crippen LogP contribution in [0.3, 0.4) is 0 Å². The maximum absolute atomic E-state index is 5.17. The van der Waals surface area contributed by atoms with Crippen molar-refractivity contribution in [1.82, 2.24) is 10.3 Å². The van der Waals surface area contributed by atoms with E-state index < -0.39 is 0 Å². The highest BCUT2D eigenvalue weighted by atomic mass is 16.5. The number of rotatable bonds is 2. The second kappa shape index (κ2) is 4.49. The smallest absolute Gasteiger partial charge is 0.215 e. The zero-order valence-electron chi connectivity index (χ0n) is 9.29. The Morgan fingerprint density at radius 1 is 1.33 bits per heavy atom. The van der Waals surface area contributed by atoms with Crippen LogP contribution in [0.2, 0.25) is 0 Å². The Balaban J connectivity index is 2.22. The van der Waals surface area contributed by atoms with Gasteiger partial charge < -0.3 is 15.0 Å². The van der Waals surface area contributed by atoms with Gasteiger partial charge in [0.1, 0.15) is 0 Å². The summed E-state index contributed by atoms with van der Waals surface area (Å²) in [6.45, 7) is 6.18. The molecule has 82 valence electrons. The van der Waals surface area contributed by atoms with Crippen molar-refractivity contribution >= 4 is 5.69 Å². The number of anilines is 1. The molecule has 0 atom stereocenters. The maximum Gasteiger partial charge on any atom is 0.215 e. The van der Waals surface area contributed by atoms with Crippen LogP contribution >= 0.6 is 0 Å². The van der Waals surface area contributed by atoms with Crippen molar-refractivity contribution in [2.75, 3.05) is 38.2 Å². The molecule has 1 aromatic rings. The van der Waals surface area contributed by atoms with Gasteiger partial charge in [0.05, 0.1) is 7.11 Å². The molecule has 0 amide bonds. The van der Waals surface area contributed by atoms with Gasteiger partial charge in [-0.3, -0.25) is 0 Å². The molecule has 0 bridgehead atoms. The number of aryl methyl sites for hydroxylation is 1. The first-order valence-corrected chi connectivity index (χ1v) is 5.28. The number of pyridine rings is 1. The molecule has 0 radical (unpaired) electrons. The van der Waals surface area contributed by atoms with Crippen LogP contribution in [-0.2, 0) is 0 Å². The van der Waals surface area contributed by atoms with E-state index in [-0.39, 0.29) is 0 Å². The summed E-state index contributed by atoms with van der Waals surface area (Å²) >= 11 is 0. The normalized spacial score (nSPS) is 16.5. The highest BCUT2D eigenvalue weighted by Gasteiger charge is 2.11. The second-order valence-electron chi connectivity index (χ2n) is 3.75. The highest BCUT2D eigenvalue weighted by molar-refractivity contribution is 5.50. The summed E-state index contributed by atoms with van der Waals surface area (Å²) in [6, 6.07) is 4.10. The van der Waals surface area contributed by atoms with E-state index in [9.17, 15) is 0 Å². The van der Waals surface area contributed by atoms with Gasteiger partial charge in [0.2, 0.25) is 5.88 Å². The molecule has 2 heterocycles. The Hall–Kier alpha value is -1.29. The topological polar surface area (TPSA) is 37.4 Å². The number of piperazine rings is 1. The minimum absolute atomic E-state index is 0.698. The van der Waals surface area contributed by atoms with Crippen LogP contribution in [-0.4, -0.2) is 38.3 Å². The van der Waals surface area contributed by atoms with Crippen molar-refractivity contribution in [2.24, 2.45) is 0 Å². The van der Waals surface area contributed by atoms with Crippen molar-refractivity contribution in [3.8, 4) is 5.88 Å². The molecule has 1 aliphatic heterocycles. The van der Waals surface area contributed by atoms with Crippen LogP contribution in [0, 0.1) is 6.92 Å². The third-order valence-corrected chi connectivity index (χ3v) is 2.61. The minimum Gasteiger partial charge on any atom is -0.481 e. The van der Waals surface area contributed by atoms with Crippen LogP contribution in [0.4, 0.5) is 5.69 Å². The summed E-state index contributed by atoms with van der Waals surface area (Å²) in [5.41, 5.74) is 2.21. The first-order valence-electron chi connectivity index (χ1n) is 5.28. The van der Waals surface area contributed by atoms with Gasteiger partial charge >= 0.3 is 0 Å². The van der Waals surface area contributed by atoms with E-state index in [2.05, 4.69) is 21.3 Å². The van der Waals surface area contributed by atoms with Gasteiger partial charge in [0.15, 0.2) is 0 Å². The summed E-state index contributed by atoms with van der Waals surface area (Å²) in [4.78, 5) is 6.64. The molecule has 0 unspecified atom stereocenters. The largest absolute Gasteiger partial charge is 0.481 e. The van der Waals surface area contributed by atoms with Crippen molar-refractivity contribution in [1.29, 1.82) is 0 Å². The Kier molecular flexibility index (Phi) is 3.06. The summed E-state index contributed by atoms with van der Waals surface area (Å²) in [5, 5.41) is 3.34. The standard InChI is InChI=1S/C11H17N3O/c1-9-7-10(8-11(13-9)15-2)14-5-3-12-4-6-14/h7-8,12H,3-6H2,1-2H3. The van der Waals surface area contributed by atoms with Crippen molar-refractivity contribution in [2.45, 2.75) is 6.92 Å². The van der Waals surface area contributed by atoms with Gasteiger partial charge in [-0.2, -0.15) is 0 Å². The Labute approximate surface area is 90.3 Å². The van der Waals surface area contributed by atoms with E-state index in [0.29, 0.717) is 5.88 Å². The molecule has 0 aliphatic carbocycles. The van der Waals surface area contributed by atoms with E-state index in [1.54, 1.807) is 7.11 Å². The lowest BCUT2D eigenvalue weighted by molar-refractivity contribution is 0.397. The van der Waals surface area contributed by atoms with Crippen molar-refractivity contribution in [3.05, 3.63) is 17.8 Å². The highest BCUT2D eigenvalue weighted by Crippen LogP contribution is 2.20. The summed E-state index contributed by atoms with van der Waals surface area (Å²) in [7, 11) is 1.66. The van der Waals surface area contributed by atoms with Crippen LogP contribution in [0.5, 0.6) is 5.88 Å². The fourth-order valence-electron chi connectivity index (χ4n) is 1.83. The lowest BCUT2D eigenvalue weighted by Crippen LogP contribution is -2.43. The van der Waals surface area contributed by atoms with Gasteiger partial charge in [0, 0.05) is 43.6 Å². The molecule has 0 aromatic carbocycles.